The normalized spacial score (nSPS) is 11.8. The van der Waals surface area contributed by atoms with E-state index in [9.17, 15) is 0 Å². The molecule has 0 spiro atoms. The van der Waals surface area contributed by atoms with Crippen molar-refractivity contribution in [2.75, 3.05) is 0 Å². The first-order valence-electron chi connectivity index (χ1n) is 8.03. The summed E-state index contributed by atoms with van der Waals surface area (Å²) in [7, 11) is 0. The predicted molar refractivity (Wildman–Crippen MR) is 92.2 cm³/mol. The molecule has 0 saturated carbocycles. The zero-order chi connectivity index (χ0) is 15.8. The Kier molecular flexibility index (Phi) is 3.37. The van der Waals surface area contributed by atoms with Crippen LogP contribution in [0.4, 0.5) is 0 Å². The fourth-order valence-corrected chi connectivity index (χ4v) is 2.82. The van der Waals surface area contributed by atoms with E-state index in [2.05, 4.69) is 29.5 Å². The number of nitrogens with zero attached hydrogens (tertiary/aromatic N) is 3. The van der Waals surface area contributed by atoms with Crippen molar-refractivity contribution in [1.82, 2.24) is 14.5 Å². The maximum Gasteiger partial charge on any atom is 0.264 e. The molecule has 0 atom stereocenters. The Labute approximate surface area is 134 Å². The van der Waals surface area contributed by atoms with Gasteiger partial charge in [0, 0.05) is 6.54 Å². The largest absolute Gasteiger partial charge is 0.434 e. The molecule has 23 heavy (non-hydrogen) atoms. The van der Waals surface area contributed by atoms with Crippen molar-refractivity contribution >= 4 is 22.1 Å². The highest BCUT2D eigenvalue weighted by Gasteiger charge is 2.17. The van der Waals surface area contributed by atoms with E-state index in [1.165, 1.54) is 0 Å². The van der Waals surface area contributed by atoms with Crippen LogP contribution in [-0.4, -0.2) is 14.5 Å². The molecule has 0 N–H and O–H groups in total. The third kappa shape index (κ3) is 2.50. The van der Waals surface area contributed by atoms with E-state index in [-0.39, 0.29) is 0 Å². The lowest BCUT2D eigenvalue weighted by Gasteiger charge is -2.09. The SMILES string of the molecule is CC(C)CCn1c(-c2nc3ccccc3o2)nc2ccccc21. The van der Waals surface area contributed by atoms with Gasteiger partial charge in [-0.1, -0.05) is 38.1 Å². The van der Waals surface area contributed by atoms with Crippen LogP contribution in [0.25, 0.3) is 33.8 Å². The molecule has 2 heterocycles. The molecule has 4 nitrogen and oxygen atoms in total. The molecule has 0 bridgehead atoms. The quantitative estimate of drug-likeness (QED) is 0.539. The monoisotopic (exact) mass is 305 g/mol. The van der Waals surface area contributed by atoms with Gasteiger partial charge in [-0.25, -0.2) is 9.97 Å². The lowest BCUT2D eigenvalue weighted by atomic mass is 10.1. The maximum absolute atomic E-state index is 5.94. The van der Waals surface area contributed by atoms with Crippen molar-refractivity contribution < 1.29 is 4.42 Å². The lowest BCUT2D eigenvalue weighted by Crippen LogP contribution is -2.03. The van der Waals surface area contributed by atoms with Crippen molar-refractivity contribution in [2.24, 2.45) is 5.92 Å². The molecule has 0 saturated heterocycles. The molecule has 4 aromatic rings. The molecule has 0 unspecified atom stereocenters. The molecule has 0 aliphatic heterocycles. The fraction of sp³-hybridized carbons (Fsp3) is 0.263. The highest BCUT2D eigenvalue weighted by molar-refractivity contribution is 5.81. The second-order valence-corrected chi connectivity index (χ2v) is 6.25. The number of fused-ring (bicyclic) bond motifs is 2. The molecule has 2 aromatic carbocycles. The van der Waals surface area contributed by atoms with Crippen LogP contribution in [0, 0.1) is 5.92 Å². The summed E-state index contributed by atoms with van der Waals surface area (Å²) >= 11 is 0. The van der Waals surface area contributed by atoms with Gasteiger partial charge in [-0.15, -0.1) is 0 Å². The molecule has 0 fully saturated rings. The fourth-order valence-electron chi connectivity index (χ4n) is 2.82. The average Bonchev–Trinajstić information content (AvgIpc) is 3.13. The third-order valence-electron chi connectivity index (χ3n) is 4.07. The van der Waals surface area contributed by atoms with Crippen LogP contribution in [0.15, 0.2) is 52.9 Å². The lowest BCUT2D eigenvalue weighted by molar-refractivity contribution is 0.518. The van der Waals surface area contributed by atoms with Crippen LogP contribution in [0.2, 0.25) is 0 Å². The number of benzene rings is 2. The van der Waals surface area contributed by atoms with Crippen molar-refractivity contribution in [3.63, 3.8) is 0 Å². The van der Waals surface area contributed by atoms with Crippen LogP contribution in [0.5, 0.6) is 0 Å². The van der Waals surface area contributed by atoms with Crippen LogP contribution in [-0.2, 0) is 6.54 Å². The molecular formula is C19H19N3O. The molecule has 0 amide bonds. The van der Waals surface area contributed by atoms with Gasteiger partial charge in [-0.2, -0.15) is 0 Å². The second-order valence-electron chi connectivity index (χ2n) is 6.25. The van der Waals surface area contributed by atoms with Crippen molar-refractivity contribution in [2.45, 2.75) is 26.8 Å². The van der Waals surface area contributed by atoms with Gasteiger partial charge in [0.25, 0.3) is 5.89 Å². The standard InChI is InChI=1S/C19H19N3O/c1-13(2)11-12-22-16-9-5-3-7-14(16)20-18(22)19-21-15-8-4-6-10-17(15)23-19/h3-10,13H,11-12H2,1-2H3. The number of hydrogen-bond acceptors (Lipinski definition) is 3. The van der Waals surface area contributed by atoms with Crippen LogP contribution >= 0.6 is 0 Å². The summed E-state index contributed by atoms with van der Waals surface area (Å²) in [6.07, 6.45) is 1.09. The van der Waals surface area contributed by atoms with E-state index in [1.54, 1.807) is 0 Å². The molecular weight excluding hydrogens is 286 g/mol. The van der Waals surface area contributed by atoms with Crippen molar-refractivity contribution in [3.8, 4) is 11.7 Å². The molecule has 4 rings (SSSR count). The molecule has 0 aliphatic carbocycles. The van der Waals surface area contributed by atoms with E-state index in [1.807, 2.05) is 42.5 Å². The molecule has 0 aliphatic rings. The summed E-state index contributed by atoms with van der Waals surface area (Å²) in [6, 6.07) is 16.0. The minimum Gasteiger partial charge on any atom is -0.434 e. The Morgan fingerprint density at radius 2 is 1.70 bits per heavy atom. The van der Waals surface area contributed by atoms with E-state index in [4.69, 9.17) is 9.40 Å². The number of aryl methyl sites for hydroxylation is 1. The van der Waals surface area contributed by atoms with Gasteiger partial charge < -0.3 is 8.98 Å². The van der Waals surface area contributed by atoms with E-state index >= 15 is 0 Å². The van der Waals surface area contributed by atoms with Gasteiger partial charge in [-0.05, 0) is 36.6 Å². The second kappa shape index (κ2) is 5.54. The third-order valence-corrected chi connectivity index (χ3v) is 4.07. The van der Waals surface area contributed by atoms with Gasteiger partial charge in [0.1, 0.15) is 5.52 Å². The number of oxazole rings is 1. The van der Waals surface area contributed by atoms with Gasteiger partial charge >= 0.3 is 0 Å². The highest BCUT2D eigenvalue weighted by atomic mass is 16.3. The van der Waals surface area contributed by atoms with E-state index in [0.717, 1.165) is 40.9 Å². The number of aromatic nitrogens is 3. The summed E-state index contributed by atoms with van der Waals surface area (Å²) in [5.74, 6) is 2.03. The Bertz CT molecular complexity index is 932. The Morgan fingerprint density at radius 3 is 2.48 bits per heavy atom. The van der Waals surface area contributed by atoms with Gasteiger partial charge in [0.15, 0.2) is 11.4 Å². The van der Waals surface area contributed by atoms with Crippen LogP contribution in [0.1, 0.15) is 20.3 Å². The van der Waals surface area contributed by atoms with E-state index in [0.29, 0.717) is 11.8 Å². The first-order chi connectivity index (χ1) is 11.2. The average molecular weight is 305 g/mol. The Balaban J connectivity index is 1.89. The summed E-state index contributed by atoms with van der Waals surface area (Å²) in [6.45, 7) is 5.38. The number of imidazole rings is 1. The summed E-state index contributed by atoms with van der Waals surface area (Å²) in [4.78, 5) is 9.38. The zero-order valence-corrected chi connectivity index (χ0v) is 13.4. The van der Waals surface area contributed by atoms with Crippen molar-refractivity contribution in [3.05, 3.63) is 48.5 Å². The van der Waals surface area contributed by atoms with Crippen molar-refractivity contribution in [1.29, 1.82) is 0 Å². The predicted octanol–water partition coefficient (Wildman–Crippen LogP) is 4.89. The number of para-hydroxylation sites is 4. The minimum atomic E-state index is 0.589. The molecule has 4 heteroatoms. The summed E-state index contributed by atoms with van der Waals surface area (Å²) in [5.41, 5.74) is 3.77. The highest BCUT2D eigenvalue weighted by Crippen LogP contribution is 2.28. The first-order valence-corrected chi connectivity index (χ1v) is 8.03. The van der Waals surface area contributed by atoms with Crippen LogP contribution in [0.3, 0.4) is 0 Å². The van der Waals surface area contributed by atoms with Crippen LogP contribution < -0.4 is 0 Å². The topological polar surface area (TPSA) is 43.9 Å². The smallest absolute Gasteiger partial charge is 0.264 e. The Hall–Kier alpha value is -2.62. The zero-order valence-electron chi connectivity index (χ0n) is 13.4. The maximum atomic E-state index is 5.94. The van der Waals surface area contributed by atoms with Gasteiger partial charge in [0.2, 0.25) is 0 Å². The molecule has 2 aromatic heterocycles. The molecule has 0 radical (unpaired) electrons. The van der Waals surface area contributed by atoms with E-state index < -0.39 is 0 Å². The number of hydrogen-bond donors (Lipinski definition) is 0. The van der Waals surface area contributed by atoms with Gasteiger partial charge in [0.05, 0.1) is 11.0 Å². The minimum absolute atomic E-state index is 0.589. The number of rotatable bonds is 4. The summed E-state index contributed by atoms with van der Waals surface area (Å²) in [5, 5.41) is 0. The first kappa shape index (κ1) is 14.0. The van der Waals surface area contributed by atoms with Gasteiger partial charge in [-0.3, -0.25) is 0 Å². The molecule has 116 valence electrons. The summed E-state index contributed by atoms with van der Waals surface area (Å²) < 4.78 is 8.16. The Morgan fingerprint density at radius 1 is 0.957 bits per heavy atom.